The van der Waals surface area contributed by atoms with E-state index in [9.17, 15) is 4.79 Å². The van der Waals surface area contributed by atoms with Gasteiger partial charge in [0.1, 0.15) is 11.5 Å². The lowest BCUT2D eigenvalue weighted by Crippen LogP contribution is -2.08. The highest BCUT2D eigenvalue weighted by molar-refractivity contribution is 9.09. The third-order valence-corrected chi connectivity index (χ3v) is 4.35. The zero-order valence-corrected chi connectivity index (χ0v) is 16.2. The topological polar surface area (TPSA) is 35.5 Å². The Kier molecular flexibility index (Phi) is 7.74. The quantitative estimate of drug-likeness (QED) is 0.298. The summed E-state index contributed by atoms with van der Waals surface area (Å²) in [6.45, 7) is 2.15. The van der Waals surface area contributed by atoms with E-state index in [1.54, 1.807) is 31.4 Å². The van der Waals surface area contributed by atoms with Crippen molar-refractivity contribution in [2.24, 2.45) is 0 Å². The van der Waals surface area contributed by atoms with E-state index in [-0.39, 0.29) is 10.8 Å². The number of hydrogen-bond donors (Lipinski definition) is 0. The number of ether oxygens (including phenoxy) is 2. The van der Waals surface area contributed by atoms with Crippen molar-refractivity contribution in [3.05, 3.63) is 65.7 Å². The van der Waals surface area contributed by atoms with E-state index in [2.05, 4.69) is 22.9 Å². The molecule has 0 saturated heterocycles. The summed E-state index contributed by atoms with van der Waals surface area (Å²) in [5.41, 5.74) is 1.55. The first-order chi connectivity index (χ1) is 12.1. The van der Waals surface area contributed by atoms with Crippen molar-refractivity contribution in [3.8, 4) is 11.5 Å². The summed E-state index contributed by atoms with van der Waals surface area (Å²) in [5.74, 6) is 1.43. The van der Waals surface area contributed by atoms with Gasteiger partial charge in [0, 0.05) is 5.56 Å². The largest absolute Gasteiger partial charge is 0.497 e. The fourth-order valence-electron chi connectivity index (χ4n) is 2.28. The van der Waals surface area contributed by atoms with Gasteiger partial charge in [-0.25, -0.2) is 0 Å². The van der Waals surface area contributed by atoms with E-state index >= 15 is 0 Å². The number of methoxy groups -OCH3 is 1. The Morgan fingerprint density at radius 1 is 1.16 bits per heavy atom. The number of halogens is 1. The van der Waals surface area contributed by atoms with Crippen LogP contribution in [0.4, 0.5) is 0 Å². The van der Waals surface area contributed by atoms with Gasteiger partial charge in [-0.1, -0.05) is 43.7 Å². The Balaban J connectivity index is 2.01. The van der Waals surface area contributed by atoms with E-state index in [4.69, 9.17) is 9.47 Å². The second kappa shape index (κ2) is 10.0. The summed E-state index contributed by atoms with van der Waals surface area (Å²) < 4.78 is 10.9. The summed E-state index contributed by atoms with van der Waals surface area (Å²) >= 11 is 3.52. The maximum Gasteiger partial charge on any atom is 0.185 e. The molecular weight excluding hydrogens is 380 g/mol. The maximum atomic E-state index is 12.4. The van der Waals surface area contributed by atoms with Gasteiger partial charge in [0.05, 0.1) is 7.11 Å². The third kappa shape index (κ3) is 6.39. The van der Waals surface area contributed by atoms with Crippen molar-refractivity contribution in [1.29, 1.82) is 0 Å². The average molecular weight is 403 g/mol. The lowest BCUT2D eigenvalue weighted by molar-refractivity contribution is 0.104. The minimum absolute atomic E-state index is 0.0346. The van der Waals surface area contributed by atoms with Gasteiger partial charge in [-0.15, -0.1) is 0 Å². The molecule has 2 aromatic rings. The van der Waals surface area contributed by atoms with Gasteiger partial charge >= 0.3 is 0 Å². The van der Waals surface area contributed by atoms with Crippen molar-refractivity contribution in [1.82, 2.24) is 0 Å². The zero-order chi connectivity index (χ0) is 18.1. The van der Waals surface area contributed by atoms with Crippen LogP contribution >= 0.6 is 15.9 Å². The molecule has 0 amide bonds. The van der Waals surface area contributed by atoms with Gasteiger partial charge in [0.2, 0.25) is 0 Å². The van der Waals surface area contributed by atoms with Crippen LogP contribution in [0.5, 0.6) is 11.5 Å². The first-order valence-electron chi connectivity index (χ1n) is 8.39. The highest BCUT2D eigenvalue weighted by atomic mass is 79.9. The van der Waals surface area contributed by atoms with Crippen molar-refractivity contribution < 1.29 is 14.3 Å². The number of carbonyl (C=O) groups excluding carboxylic acids is 1. The maximum absolute atomic E-state index is 12.4. The summed E-state index contributed by atoms with van der Waals surface area (Å²) in [4.78, 5) is 12.4. The van der Waals surface area contributed by atoms with Crippen LogP contribution in [0, 0.1) is 0 Å². The standard InChI is InChI=1S/C21H23BrO3/c1-3-4-8-21(22)25-19-7-5-6-17(15-19)20(23)14-11-16-9-12-18(24-2)13-10-16/h5-7,9-15,21H,3-4,8H2,1-2H3. The molecule has 0 aliphatic carbocycles. The van der Waals surface area contributed by atoms with Crippen LogP contribution in [-0.4, -0.2) is 17.9 Å². The molecule has 0 aromatic heterocycles. The van der Waals surface area contributed by atoms with Gasteiger partial charge in [0.15, 0.2) is 10.8 Å². The number of hydrogen-bond acceptors (Lipinski definition) is 3. The Morgan fingerprint density at radius 2 is 1.92 bits per heavy atom. The van der Waals surface area contributed by atoms with Crippen LogP contribution in [0.25, 0.3) is 6.08 Å². The molecule has 1 unspecified atom stereocenters. The van der Waals surface area contributed by atoms with Crippen LogP contribution in [0.1, 0.15) is 42.1 Å². The second-order valence-electron chi connectivity index (χ2n) is 5.67. The summed E-state index contributed by atoms with van der Waals surface area (Å²) in [5, 5.41) is -0.0346. The number of unbranched alkanes of at least 4 members (excludes halogenated alkanes) is 1. The molecule has 3 nitrogen and oxygen atoms in total. The average Bonchev–Trinajstić information content (AvgIpc) is 2.65. The van der Waals surface area contributed by atoms with Crippen molar-refractivity contribution in [2.75, 3.05) is 7.11 Å². The summed E-state index contributed by atoms with van der Waals surface area (Å²) in [7, 11) is 1.63. The molecule has 2 aromatic carbocycles. The summed E-state index contributed by atoms with van der Waals surface area (Å²) in [6.07, 6.45) is 6.53. The Hall–Kier alpha value is -2.07. The van der Waals surface area contributed by atoms with Crippen LogP contribution in [-0.2, 0) is 0 Å². The molecule has 0 aliphatic rings. The molecule has 25 heavy (non-hydrogen) atoms. The van der Waals surface area contributed by atoms with Gasteiger partial charge in [-0.3, -0.25) is 4.79 Å². The Labute approximate surface area is 157 Å². The highest BCUT2D eigenvalue weighted by Crippen LogP contribution is 2.20. The van der Waals surface area contributed by atoms with Crippen molar-refractivity contribution in [3.63, 3.8) is 0 Å². The molecule has 0 spiro atoms. The smallest absolute Gasteiger partial charge is 0.185 e. The minimum atomic E-state index is -0.0547. The van der Waals surface area contributed by atoms with E-state index in [0.29, 0.717) is 11.3 Å². The normalized spacial score (nSPS) is 12.1. The predicted octanol–water partition coefficient (Wildman–Crippen LogP) is 5.88. The molecule has 0 N–H and O–H groups in total. The van der Waals surface area contributed by atoms with Gasteiger partial charge < -0.3 is 9.47 Å². The molecule has 0 bridgehead atoms. The molecular formula is C21H23BrO3. The molecule has 2 rings (SSSR count). The van der Waals surface area contributed by atoms with E-state index in [1.165, 1.54) is 0 Å². The minimum Gasteiger partial charge on any atom is -0.497 e. The van der Waals surface area contributed by atoms with Crippen LogP contribution in [0.15, 0.2) is 54.6 Å². The fraction of sp³-hybridized carbons (Fsp3) is 0.286. The Morgan fingerprint density at radius 3 is 2.60 bits per heavy atom. The number of allylic oxidation sites excluding steroid dienone is 1. The van der Waals surface area contributed by atoms with Crippen LogP contribution in [0.2, 0.25) is 0 Å². The Bertz CT molecular complexity index is 707. The molecule has 1 atom stereocenters. The lowest BCUT2D eigenvalue weighted by atomic mass is 10.1. The number of carbonyl (C=O) groups is 1. The predicted molar refractivity (Wildman–Crippen MR) is 106 cm³/mol. The van der Waals surface area contributed by atoms with Crippen molar-refractivity contribution >= 4 is 27.8 Å². The second-order valence-corrected chi connectivity index (χ2v) is 6.69. The zero-order valence-electron chi connectivity index (χ0n) is 14.6. The molecule has 132 valence electrons. The number of benzene rings is 2. The lowest BCUT2D eigenvalue weighted by Gasteiger charge is -2.13. The van der Waals surface area contributed by atoms with Gasteiger partial charge in [-0.2, -0.15) is 0 Å². The number of ketones is 1. The SMILES string of the molecule is CCCCC(Br)Oc1cccc(C(=O)C=Cc2ccc(OC)cc2)c1. The van der Waals surface area contributed by atoms with E-state index in [0.717, 1.165) is 30.6 Å². The van der Waals surface area contributed by atoms with Crippen LogP contribution < -0.4 is 9.47 Å². The molecule has 4 heteroatoms. The first-order valence-corrected chi connectivity index (χ1v) is 9.31. The first kappa shape index (κ1) is 19.3. The van der Waals surface area contributed by atoms with Crippen LogP contribution in [0.3, 0.4) is 0 Å². The van der Waals surface area contributed by atoms with Gasteiger partial charge in [0.25, 0.3) is 0 Å². The molecule has 0 saturated carbocycles. The molecule has 0 fully saturated rings. The molecule has 0 radical (unpaired) electrons. The molecule has 0 aliphatic heterocycles. The summed E-state index contributed by atoms with van der Waals surface area (Å²) in [6, 6.07) is 14.8. The third-order valence-electron chi connectivity index (χ3n) is 3.71. The number of alkyl halides is 1. The number of rotatable bonds is 9. The van der Waals surface area contributed by atoms with Gasteiger partial charge in [-0.05, 0) is 64.7 Å². The van der Waals surface area contributed by atoms with E-state index in [1.807, 2.05) is 36.4 Å². The monoisotopic (exact) mass is 402 g/mol. The van der Waals surface area contributed by atoms with Crippen molar-refractivity contribution in [2.45, 2.75) is 31.2 Å². The fourth-order valence-corrected chi connectivity index (χ4v) is 2.82. The van der Waals surface area contributed by atoms with E-state index < -0.39 is 0 Å². The molecule has 0 heterocycles. The highest BCUT2D eigenvalue weighted by Gasteiger charge is 2.08.